The SMILES string of the molecule is CCN(CC)C(C)CNS(=O)(=O)c1ccc(F)cc1C. The van der Waals surface area contributed by atoms with Gasteiger partial charge in [-0.05, 0) is 50.7 Å². The van der Waals surface area contributed by atoms with Gasteiger partial charge in [0.05, 0.1) is 4.90 Å². The van der Waals surface area contributed by atoms with Gasteiger partial charge in [0.25, 0.3) is 0 Å². The molecule has 0 aliphatic carbocycles. The van der Waals surface area contributed by atoms with E-state index in [-0.39, 0.29) is 10.9 Å². The highest BCUT2D eigenvalue weighted by molar-refractivity contribution is 7.89. The van der Waals surface area contributed by atoms with Gasteiger partial charge in [0.2, 0.25) is 10.0 Å². The van der Waals surface area contributed by atoms with E-state index in [2.05, 4.69) is 9.62 Å². The molecular weight excluding hydrogens is 279 g/mol. The third-order valence-corrected chi connectivity index (χ3v) is 5.01. The smallest absolute Gasteiger partial charge is 0.240 e. The summed E-state index contributed by atoms with van der Waals surface area (Å²) >= 11 is 0. The fourth-order valence-corrected chi connectivity index (χ4v) is 3.54. The summed E-state index contributed by atoms with van der Waals surface area (Å²) in [5.41, 5.74) is 0.410. The Balaban J connectivity index is 2.80. The van der Waals surface area contributed by atoms with Crippen LogP contribution in [0.2, 0.25) is 0 Å². The molecular formula is C14H23FN2O2S. The molecule has 0 aromatic heterocycles. The normalized spacial score (nSPS) is 13.7. The zero-order valence-electron chi connectivity index (χ0n) is 12.5. The Morgan fingerprint density at radius 3 is 2.40 bits per heavy atom. The predicted molar refractivity (Wildman–Crippen MR) is 78.7 cm³/mol. The molecule has 0 saturated heterocycles. The first-order valence-corrected chi connectivity index (χ1v) is 8.30. The molecule has 6 heteroatoms. The van der Waals surface area contributed by atoms with Crippen LogP contribution in [-0.4, -0.2) is 39.0 Å². The van der Waals surface area contributed by atoms with E-state index in [0.717, 1.165) is 19.2 Å². The number of nitrogens with zero attached hydrogens (tertiary/aromatic N) is 1. The van der Waals surface area contributed by atoms with Crippen LogP contribution in [0.15, 0.2) is 23.1 Å². The van der Waals surface area contributed by atoms with Crippen molar-refractivity contribution in [1.82, 2.24) is 9.62 Å². The van der Waals surface area contributed by atoms with E-state index >= 15 is 0 Å². The highest BCUT2D eigenvalue weighted by atomic mass is 32.2. The summed E-state index contributed by atoms with van der Waals surface area (Å²) in [6.45, 7) is 9.72. The Kier molecular flexibility index (Phi) is 6.10. The van der Waals surface area contributed by atoms with E-state index in [9.17, 15) is 12.8 Å². The molecule has 0 radical (unpaired) electrons. The summed E-state index contributed by atoms with van der Waals surface area (Å²) in [5.74, 6) is -0.432. The van der Waals surface area contributed by atoms with Gasteiger partial charge in [-0.15, -0.1) is 0 Å². The van der Waals surface area contributed by atoms with Crippen molar-refractivity contribution in [2.45, 2.75) is 38.6 Å². The van der Waals surface area contributed by atoms with Crippen LogP contribution in [-0.2, 0) is 10.0 Å². The lowest BCUT2D eigenvalue weighted by Crippen LogP contribution is -2.42. The minimum atomic E-state index is -3.60. The van der Waals surface area contributed by atoms with Crippen molar-refractivity contribution in [1.29, 1.82) is 0 Å². The fraction of sp³-hybridized carbons (Fsp3) is 0.571. The lowest BCUT2D eigenvalue weighted by molar-refractivity contribution is 0.232. The summed E-state index contributed by atoms with van der Waals surface area (Å²) in [6.07, 6.45) is 0. The molecule has 20 heavy (non-hydrogen) atoms. The summed E-state index contributed by atoms with van der Waals surface area (Å²) < 4.78 is 40.0. The molecule has 0 spiro atoms. The maximum atomic E-state index is 13.0. The summed E-state index contributed by atoms with van der Waals surface area (Å²) in [4.78, 5) is 2.30. The molecule has 1 unspecified atom stereocenters. The van der Waals surface area contributed by atoms with Crippen molar-refractivity contribution in [3.63, 3.8) is 0 Å². The molecule has 0 heterocycles. The average Bonchev–Trinajstić information content (AvgIpc) is 2.37. The first-order chi connectivity index (χ1) is 9.31. The number of halogens is 1. The molecule has 0 aliphatic heterocycles. The maximum Gasteiger partial charge on any atom is 0.240 e. The van der Waals surface area contributed by atoms with Crippen molar-refractivity contribution < 1.29 is 12.8 Å². The Labute approximate surface area is 121 Å². The van der Waals surface area contributed by atoms with Crippen LogP contribution in [0.3, 0.4) is 0 Å². The van der Waals surface area contributed by atoms with Crippen LogP contribution in [0.25, 0.3) is 0 Å². The fourth-order valence-electron chi connectivity index (χ4n) is 2.20. The molecule has 4 nitrogen and oxygen atoms in total. The molecule has 0 amide bonds. The molecule has 0 bridgehead atoms. The van der Waals surface area contributed by atoms with Gasteiger partial charge in [-0.1, -0.05) is 13.8 Å². The lowest BCUT2D eigenvalue weighted by Gasteiger charge is -2.26. The van der Waals surface area contributed by atoms with Gasteiger partial charge >= 0.3 is 0 Å². The second kappa shape index (κ2) is 7.15. The van der Waals surface area contributed by atoms with Crippen molar-refractivity contribution in [2.24, 2.45) is 0 Å². The van der Waals surface area contributed by atoms with Gasteiger partial charge < -0.3 is 0 Å². The van der Waals surface area contributed by atoms with E-state index < -0.39 is 15.8 Å². The Morgan fingerprint density at radius 1 is 1.30 bits per heavy atom. The third kappa shape index (κ3) is 4.26. The highest BCUT2D eigenvalue weighted by Crippen LogP contribution is 2.16. The van der Waals surface area contributed by atoms with Crippen molar-refractivity contribution in [3.05, 3.63) is 29.6 Å². The lowest BCUT2D eigenvalue weighted by atomic mass is 10.2. The topological polar surface area (TPSA) is 49.4 Å². The second-order valence-electron chi connectivity index (χ2n) is 4.83. The standard InChI is InChI=1S/C14H23FN2O2S/c1-5-17(6-2)12(4)10-16-20(18,19)14-8-7-13(15)9-11(14)3/h7-9,12,16H,5-6,10H2,1-4H3. The van der Waals surface area contributed by atoms with Crippen LogP contribution >= 0.6 is 0 Å². The van der Waals surface area contributed by atoms with Gasteiger partial charge in [-0.3, -0.25) is 4.90 Å². The largest absolute Gasteiger partial charge is 0.300 e. The average molecular weight is 302 g/mol. The molecule has 1 aromatic carbocycles. The number of likely N-dealkylation sites (N-methyl/N-ethyl adjacent to an activating group) is 1. The summed E-state index contributed by atoms with van der Waals surface area (Å²) in [5, 5.41) is 0. The van der Waals surface area contributed by atoms with Gasteiger partial charge in [-0.25, -0.2) is 17.5 Å². The van der Waals surface area contributed by atoms with E-state index in [4.69, 9.17) is 0 Å². The quantitative estimate of drug-likeness (QED) is 0.839. The Morgan fingerprint density at radius 2 is 1.90 bits per heavy atom. The van der Waals surface area contributed by atoms with Crippen molar-refractivity contribution >= 4 is 10.0 Å². The number of hydrogen-bond donors (Lipinski definition) is 1. The Hall–Kier alpha value is -0.980. The number of benzene rings is 1. The first-order valence-electron chi connectivity index (χ1n) is 6.81. The number of rotatable bonds is 7. The van der Waals surface area contributed by atoms with Crippen LogP contribution in [0.1, 0.15) is 26.3 Å². The van der Waals surface area contributed by atoms with Crippen LogP contribution in [0, 0.1) is 12.7 Å². The second-order valence-corrected chi connectivity index (χ2v) is 6.57. The molecule has 1 rings (SSSR count). The van der Waals surface area contributed by atoms with Crippen molar-refractivity contribution in [3.8, 4) is 0 Å². The molecule has 1 N–H and O–H groups in total. The van der Waals surface area contributed by atoms with Gasteiger partial charge in [-0.2, -0.15) is 0 Å². The molecule has 0 fully saturated rings. The summed E-state index contributed by atoms with van der Waals surface area (Å²) in [7, 11) is -3.60. The van der Waals surface area contributed by atoms with E-state index in [1.54, 1.807) is 6.92 Å². The minimum Gasteiger partial charge on any atom is -0.300 e. The molecule has 0 aliphatic rings. The number of hydrogen-bond acceptors (Lipinski definition) is 3. The number of sulfonamides is 1. The van der Waals surface area contributed by atoms with Crippen LogP contribution < -0.4 is 4.72 Å². The third-order valence-electron chi connectivity index (χ3n) is 3.43. The molecule has 1 aromatic rings. The van der Waals surface area contributed by atoms with Gasteiger partial charge in [0.15, 0.2) is 0 Å². The van der Waals surface area contributed by atoms with Crippen LogP contribution in [0.5, 0.6) is 0 Å². The van der Waals surface area contributed by atoms with E-state index in [0.29, 0.717) is 12.1 Å². The monoisotopic (exact) mass is 302 g/mol. The molecule has 1 atom stereocenters. The van der Waals surface area contributed by atoms with Gasteiger partial charge in [0, 0.05) is 12.6 Å². The Bertz CT molecular complexity index is 542. The maximum absolute atomic E-state index is 13.0. The van der Waals surface area contributed by atoms with Gasteiger partial charge in [0.1, 0.15) is 5.82 Å². The highest BCUT2D eigenvalue weighted by Gasteiger charge is 2.19. The molecule has 0 saturated carbocycles. The predicted octanol–water partition coefficient (Wildman–Crippen LogP) is 2.14. The van der Waals surface area contributed by atoms with Crippen molar-refractivity contribution in [2.75, 3.05) is 19.6 Å². The first kappa shape index (κ1) is 17.1. The zero-order valence-corrected chi connectivity index (χ0v) is 13.3. The van der Waals surface area contributed by atoms with E-state index in [1.165, 1.54) is 12.1 Å². The van der Waals surface area contributed by atoms with Crippen LogP contribution in [0.4, 0.5) is 4.39 Å². The number of aryl methyl sites for hydroxylation is 1. The zero-order chi connectivity index (χ0) is 15.3. The van der Waals surface area contributed by atoms with E-state index in [1.807, 2.05) is 20.8 Å². The summed E-state index contributed by atoms with van der Waals surface area (Å²) in [6, 6.07) is 3.80. The molecule has 114 valence electrons. The minimum absolute atomic E-state index is 0.112. The number of nitrogens with one attached hydrogen (secondary N) is 1.